The lowest BCUT2D eigenvalue weighted by atomic mass is 10.2. The molecule has 0 saturated carbocycles. The monoisotopic (exact) mass is 166 g/mol. The van der Waals surface area contributed by atoms with Crippen LogP contribution in [0.1, 0.15) is 32.1 Å². The lowest BCUT2D eigenvalue weighted by molar-refractivity contribution is 0.129. The molecule has 0 spiro atoms. The van der Waals surface area contributed by atoms with Crippen molar-refractivity contribution in [1.82, 2.24) is 0 Å². The zero-order chi connectivity index (χ0) is 9.07. The molecule has 0 aliphatic carbocycles. The first-order valence-corrected chi connectivity index (χ1v) is 4.23. The molecule has 0 heterocycles. The molecule has 0 aromatic heterocycles. The maximum atomic E-state index is 8.21. The molecule has 3 heteroatoms. The largest absolute Gasteiger partial charge is 0.381 e. The summed E-state index contributed by atoms with van der Waals surface area (Å²) in [7, 11) is 0. The summed E-state index contributed by atoms with van der Waals surface area (Å²) >= 11 is 0. The zero-order valence-corrected chi connectivity index (χ0v) is 7.25. The van der Waals surface area contributed by atoms with E-state index in [0.29, 0.717) is 26.1 Å². The highest BCUT2D eigenvalue weighted by Gasteiger charge is 1.89. The van der Waals surface area contributed by atoms with Crippen molar-refractivity contribution in [3.05, 3.63) is 0 Å². The van der Waals surface area contributed by atoms with E-state index >= 15 is 0 Å². The van der Waals surface area contributed by atoms with Crippen LogP contribution in [0, 0.1) is 22.7 Å². The van der Waals surface area contributed by atoms with E-state index < -0.39 is 0 Å². The molecule has 3 nitrogen and oxygen atoms in total. The Kier molecular flexibility index (Phi) is 9.06. The molecule has 0 aromatic carbocycles. The van der Waals surface area contributed by atoms with E-state index in [4.69, 9.17) is 15.3 Å². The molecule has 0 aliphatic heterocycles. The minimum Gasteiger partial charge on any atom is -0.381 e. The van der Waals surface area contributed by atoms with Crippen LogP contribution in [0.15, 0.2) is 0 Å². The fraction of sp³-hybridized carbons (Fsp3) is 0.778. The second-order valence-corrected chi connectivity index (χ2v) is 2.49. The summed E-state index contributed by atoms with van der Waals surface area (Å²) in [5.74, 6) is 0. The van der Waals surface area contributed by atoms with Crippen molar-refractivity contribution in [2.24, 2.45) is 0 Å². The van der Waals surface area contributed by atoms with Crippen LogP contribution in [-0.4, -0.2) is 13.2 Å². The predicted octanol–water partition coefficient (Wildman–Crippen LogP) is 2.00. The van der Waals surface area contributed by atoms with E-state index in [0.717, 1.165) is 19.3 Å². The first-order valence-electron chi connectivity index (χ1n) is 4.23. The van der Waals surface area contributed by atoms with Gasteiger partial charge in [-0.15, -0.1) is 0 Å². The van der Waals surface area contributed by atoms with Gasteiger partial charge in [0.05, 0.1) is 12.1 Å². The fourth-order valence-corrected chi connectivity index (χ4v) is 0.764. The molecule has 0 aromatic rings. The Morgan fingerprint density at radius 1 is 0.833 bits per heavy atom. The molecule has 0 bridgehead atoms. The van der Waals surface area contributed by atoms with Crippen LogP contribution in [0.3, 0.4) is 0 Å². The zero-order valence-electron chi connectivity index (χ0n) is 7.25. The Balaban J connectivity index is 2.84. The first kappa shape index (κ1) is 10.9. The molecule has 66 valence electrons. The van der Waals surface area contributed by atoms with Crippen molar-refractivity contribution in [2.75, 3.05) is 13.2 Å². The van der Waals surface area contributed by atoms with E-state index in [-0.39, 0.29) is 0 Å². The van der Waals surface area contributed by atoms with Gasteiger partial charge in [-0.25, -0.2) is 0 Å². The highest BCUT2D eigenvalue weighted by Crippen LogP contribution is 1.95. The number of ether oxygens (including phenoxy) is 1. The van der Waals surface area contributed by atoms with Crippen LogP contribution >= 0.6 is 0 Å². The van der Waals surface area contributed by atoms with E-state index in [9.17, 15) is 0 Å². The van der Waals surface area contributed by atoms with Gasteiger partial charge in [0.25, 0.3) is 0 Å². The smallest absolute Gasteiger partial charge is 0.0622 e. The topological polar surface area (TPSA) is 56.8 Å². The number of nitrogens with zero attached hydrogens (tertiary/aromatic N) is 2. The molecular formula is C9H14N2O. The SMILES string of the molecule is N#CCCCCOCCCC#N. The summed E-state index contributed by atoms with van der Waals surface area (Å²) in [4.78, 5) is 0. The van der Waals surface area contributed by atoms with Crippen LogP contribution in [0.5, 0.6) is 0 Å². The molecule has 0 aliphatic rings. The lowest BCUT2D eigenvalue weighted by Gasteiger charge is -1.99. The van der Waals surface area contributed by atoms with E-state index in [1.807, 2.05) is 0 Å². The van der Waals surface area contributed by atoms with Crippen LogP contribution < -0.4 is 0 Å². The van der Waals surface area contributed by atoms with E-state index in [1.165, 1.54) is 0 Å². The third kappa shape index (κ3) is 8.94. The highest BCUT2D eigenvalue weighted by molar-refractivity contribution is 4.68. The Morgan fingerprint density at radius 2 is 1.42 bits per heavy atom. The number of hydrogen-bond donors (Lipinski definition) is 0. The van der Waals surface area contributed by atoms with Gasteiger partial charge in [-0.05, 0) is 19.3 Å². The van der Waals surface area contributed by atoms with Crippen molar-refractivity contribution in [3.8, 4) is 12.1 Å². The van der Waals surface area contributed by atoms with Gasteiger partial charge in [-0.1, -0.05) is 0 Å². The van der Waals surface area contributed by atoms with Gasteiger partial charge in [0.1, 0.15) is 0 Å². The number of unbranched alkanes of at least 4 members (excludes halogenated alkanes) is 3. The van der Waals surface area contributed by atoms with Gasteiger partial charge in [-0.3, -0.25) is 0 Å². The third-order valence-electron chi connectivity index (χ3n) is 1.40. The quantitative estimate of drug-likeness (QED) is 0.543. The second kappa shape index (κ2) is 9.94. The van der Waals surface area contributed by atoms with Gasteiger partial charge >= 0.3 is 0 Å². The Hall–Kier alpha value is -1.06. The van der Waals surface area contributed by atoms with E-state index in [2.05, 4.69) is 12.1 Å². The molecule has 0 rings (SSSR count). The van der Waals surface area contributed by atoms with Gasteiger partial charge in [0.15, 0.2) is 0 Å². The average Bonchev–Trinajstić information content (AvgIpc) is 2.10. The number of hydrogen-bond acceptors (Lipinski definition) is 3. The Bertz CT molecular complexity index is 146. The Labute approximate surface area is 73.6 Å². The maximum Gasteiger partial charge on any atom is 0.0622 e. The first-order chi connectivity index (χ1) is 5.91. The van der Waals surface area contributed by atoms with Crippen molar-refractivity contribution in [2.45, 2.75) is 32.1 Å². The minimum atomic E-state index is 0.568. The van der Waals surface area contributed by atoms with Gasteiger partial charge in [-0.2, -0.15) is 10.5 Å². The van der Waals surface area contributed by atoms with Crippen LogP contribution in [0.25, 0.3) is 0 Å². The highest BCUT2D eigenvalue weighted by atomic mass is 16.5. The van der Waals surface area contributed by atoms with Gasteiger partial charge in [0, 0.05) is 26.1 Å². The summed E-state index contributed by atoms with van der Waals surface area (Å²) in [6.45, 7) is 1.38. The molecule has 0 N–H and O–H groups in total. The summed E-state index contributed by atoms with van der Waals surface area (Å²) in [5.41, 5.74) is 0. The summed E-state index contributed by atoms with van der Waals surface area (Å²) in [6, 6.07) is 4.14. The van der Waals surface area contributed by atoms with Gasteiger partial charge < -0.3 is 4.74 Å². The fourth-order valence-electron chi connectivity index (χ4n) is 0.764. The lowest BCUT2D eigenvalue weighted by Crippen LogP contribution is -1.96. The van der Waals surface area contributed by atoms with Crippen LogP contribution in [0.2, 0.25) is 0 Å². The normalized spacial score (nSPS) is 8.83. The molecule has 0 amide bonds. The van der Waals surface area contributed by atoms with Crippen LogP contribution in [0.4, 0.5) is 0 Å². The summed E-state index contributed by atoms with van der Waals surface area (Å²) < 4.78 is 5.22. The third-order valence-corrected chi connectivity index (χ3v) is 1.40. The van der Waals surface area contributed by atoms with Crippen molar-refractivity contribution in [1.29, 1.82) is 10.5 Å². The maximum absolute atomic E-state index is 8.21. The second-order valence-electron chi connectivity index (χ2n) is 2.49. The molecule has 12 heavy (non-hydrogen) atoms. The molecular weight excluding hydrogens is 152 g/mol. The average molecular weight is 166 g/mol. The number of rotatable bonds is 7. The van der Waals surface area contributed by atoms with E-state index in [1.54, 1.807) is 0 Å². The molecule has 0 saturated heterocycles. The van der Waals surface area contributed by atoms with Crippen molar-refractivity contribution in [3.63, 3.8) is 0 Å². The summed E-state index contributed by atoms with van der Waals surface area (Å²) in [5, 5.41) is 16.4. The predicted molar refractivity (Wildman–Crippen MR) is 45.1 cm³/mol. The molecule has 0 radical (unpaired) electrons. The Morgan fingerprint density at radius 3 is 2.08 bits per heavy atom. The van der Waals surface area contributed by atoms with Gasteiger partial charge in [0.2, 0.25) is 0 Å². The molecule has 0 atom stereocenters. The molecule has 0 fully saturated rings. The number of nitriles is 2. The minimum absolute atomic E-state index is 0.568. The van der Waals surface area contributed by atoms with Crippen LogP contribution in [-0.2, 0) is 4.74 Å². The van der Waals surface area contributed by atoms with Crippen molar-refractivity contribution < 1.29 is 4.74 Å². The van der Waals surface area contributed by atoms with Crippen molar-refractivity contribution >= 4 is 0 Å². The standard InChI is InChI=1S/C9H14N2O/c10-6-2-1-4-8-12-9-5-3-7-11/h1-5,8-9H2. The summed E-state index contributed by atoms with van der Waals surface area (Å²) in [6.07, 6.45) is 3.85. The molecule has 0 unspecified atom stereocenters.